The van der Waals surface area contributed by atoms with Crippen LogP contribution >= 0.6 is 0 Å². The number of rotatable bonds is 6. The van der Waals surface area contributed by atoms with Crippen LogP contribution in [0.15, 0.2) is 18.2 Å². The zero-order chi connectivity index (χ0) is 12.9. The van der Waals surface area contributed by atoms with E-state index < -0.39 is 0 Å². The van der Waals surface area contributed by atoms with E-state index >= 15 is 0 Å². The maximum Gasteiger partial charge on any atom is 0.213 e. The van der Waals surface area contributed by atoms with Gasteiger partial charge in [-0.3, -0.25) is 0 Å². The largest absolute Gasteiger partial charge is 0.481 e. The molecule has 0 aromatic carbocycles. The normalized spacial score (nSPS) is 11.9. The third-order valence-corrected chi connectivity index (χ3v) is 3.06. The number of hydrogen-bond acceptors (Lipinski definition) is 4. The Kier molecular flexibility index (Phi) is 4.90. The number of likely N-dealkylation sites (N-methyl/N-ethyl adjacent to an activating group) is 1. The number of nitrogens with zero attached hydrogens (tertiary/aromatic N) is 2. The molecule has 0 aliphatic heterocycles. The molecule has 0 saturated heterocycles. The van der Waals surface area contributed by atoms with Crippen LogP contribution in [-0.4, -0.2) is 43.2 Å². The lowest BCUT2D eigenvalue weighted by atomic mass is 10.0. The molecule has 0 aliphatic rings. The van der Waals surface area contributed by atoms with Gasteiger partial charge in [0, 0.05) is 24.7 Å². The Morgan fingerprint density at radius 3 is 2.65 bits per heavy atom. The second-order valence-corrected chi connectivity index (χ2v) is 4.98. The third kappa shape index (κ3) is 4.32. The van der Waals surface area contributed by atoms with E-state index in [1.807, 2.05) is 18.2 Å². The molecule has 0 amide bonds. The molecule has 0 aliphatic carbocycles. The molecule has 0 atom stereocenters. The molecule has 0 spiro atoms. The van der Waals surface area contributed by atoms with Crippen LogP contribution in [-0.2, 0) is 6.54 Å². The Morgan fingerprint density at radius 2 is 2.06 bits per heavy atom. The molecule has 1 aromatic heterocycles. The number of ether oxygens (including phenoxy) is 1. The fourth-order valence-corrected chi connectivity index (χ4v) is 1.32. The second kappa shape index (κ2) is 5.98. The first-order valence-electron chi connectivity index (χ1n) is 5.84. The molecule has 0 bridgehead atoms. The highest BCUT2D eigenvalue weighted by Gasteiger charge is 2.19. The van der Waals surface area contributed by atoms with Crippen LogP contribution in [0.3, 0.4) is 0 Å². The van der Waals surface area contributed by atoms with Crippen molar-refractivity contribution >= 4 is 0 Å². The summed E-state index contributed by atoms with van der Waals surface area (Å²) in [6.45, 7) is 6.09. The molecule has 17 heavy (non-hydrogen) atoms. The standard InChI is InChI=1S/C13H23N3O/c1-13(2,16(3)4)10-14-9-11-7-6-8-12(15-11)17-5/h6-8,14H,9-10H2,1-5H3. The Bertz CT molecular complexity index is 350. The summed E-state index contributed by atoms with van der Waals surface area (Å²) in [5.74, 6) is 0.663. The van der Waals surface area contributed by atoms with Crippen molar-refractivity contribution in [3.8, 4) is 5.88 Å². The van der Waals surface area contributed by atoms with Crippen LogP contribution in [0, 0.1) is 0 Å². The summed E-state index contributed by atoms with van der Waals surface area (Å²) in [6.07, 6.45) is 0. The minimum Gasteiger partial charge on any atom is -0.481 e. The minimum absolute atomic E-state index is 0.138. The summed E-state index contributed by atoms with van der Waals surface area (Å²) in [4.78, 5) is 6.56. The molecule has 1 aromatic rings. The summed E-state index contributed by atoms with van der Waals surface area (Å²) in [5.41, 5.74) is 1.14. The molecule has 1 rings (SSSR count). The molecular weight excluding hydrogens is 214 g/mol. The predicted octanol–water partition coefficient (Wildman–Crippen LogP) is 1.52. The highest BCUT2D eigenvalue weighted by atomic mass is 16.5. The molecule has 1 heterocycles. The molecular formula is C13H23N3O. The second-order valence-electron chi connectivity index (χ2n) is 4.98. The SMILES string of the molecule is COc1cccc(CNCC(C)(C)N(C)C)n1. The average Bonchev–Trinajstić information content (AvgIpc) is 2.29. The van der Waals surface area contributed by atoms with Gasteiger partial charge < -0.3 is 15.0 Å². The Labute approximate surface area is 104 Å². The van der Waals surface area contributed by atoms with Crippen molar-refractivity contribution in [2.75, 3.05) is 27.7 Å². The topological polar surface area (TPSA) is 37.4 Å². The summed E-state index contributed by atoms with van der Waals surface area (Å²) in [6, 6.07) is 5.81. The summed E-state index contributed by atoms with van der Waals surface area (Å²) >= 11 is 0. The molecule has 1 N–H and O–H groups in total. The Morgan fingerprint density at radius 1 is 1.35 bits per heavy atom. The minimum atomic E-state index is 0.138. The lowest BCUT2D eigenvalue weighted by Crippen LogP contribution is -2.46. The summed E-state index contributed by atoms with van der Waals surface area (Å²) in [5, 5.41) is 3.41. The van der Waals surface area contributed by atoms with Gasteiger partial charge in [-0.1, -0.05) is 6.07 Å². The fraction of sp³-hybridized carbons (Fsp3) is 0.615. The number of hydrogen-bond donors (Lipinski definition) is 1. The number of nitrogens with one attached hydrogen (secondary N) is 1. The van der Waals surface area contributed by atoms with Crippen LogP contribution in [0.25, 0.3) is 0 Å². The zero-order valence-electron chi connectivity index (χ0n) is 11.4. The van der Waals surface area contributed by atoms with E-state index in [4.69, 9.17) is 4.74 Å². The van der Waals surface area contributed by atoms with E-state index in [2.05, 4.69) is 43.1 Å². The van der Waals surface area contributed by atoms with E-state index in [0.717, 1.165) is 18.8 Å². The van der Waals surface area contributed by atoms with Crippen molar-refractivity contribution in [3.05, 3.63) is 23.9 Å². The molecule has 0 fully saturated rings. The highest BCUT2D eigenvalue weighted by molar-refractivity contribution is 5.15. The van der Waals surface area contributed by atoms with E-state index in [9.17, 15) is 0 Å². The monoisotopic (exact) mass is 237 g/mol. The van der Waals surface area contributed by atoms with E-state index in [-0.39, 0.29) is 5.54 Å². The van der Waals surface area contributed by atoms with Gasteiger partial charge in [-0.25, -0.2) is 4.98 Å². The molecule has 4 nitrogen and oxygen atoms in total. The zero-order valence-corrected chi connectivity index (χ0v) is 11.4. The highest BCUT2D eigenvalue weighted by Crippen LogP contribution is 2.09. The summed E-state index contributed by atoms with van der Waals surface area (Å²) < 4.78 is 5.09. The van der Waals surface area contributed by atoms with Gasteiger partial charge >= 0.3 is 0 Å². The quantitative estimate of drug-likeness (QED) is 0.814. The van der Waals surface area contributed by atoms with Crippen LogP contribution < -0.4 is 10.1 Å². The van der Waals surface area contributed by atoms with Gasteiger partial charge in [0.2, 0.25) is 5.88 Å². The lowest BCUT2D eigenvalue weighted by Gasteiger charge is -2.32. The van der Waals surface area contributed by atoms with Gasteiger partial charge in [-0.05, 0) is 34.0 Å². The Balaban J connectivity index is 2.45. The first-order chi connectivity index (χ1) is 7.95. The molecule has 0 radical (unpaired) electrons. The molecule has 0 saturated carbocycles. The van der Waals surface area contributed by atoms with Crippen molar-refractivity contribution in [3.63, 3.8) is 0 Å². The van der Waals surface area contributed by atoms with Crippen LogP contribution in [0.5, 0.6) is 5.88 Å². The third-order valence-electron chi connectivity index (χ3n) is 3.06. The van der Waals surface area contributed by atoms with Crippen molar-refractivity contribution in [1.82, 2.24) is 15.2 Å². The van der Waals surface area contributed by atoms with Crippen LogP contribution in [0.2, 0.25) is 0 Å². The van der Waals surface area contributed by atoms with Gasteiger partial charge in [0.1, 0.15) is 0 Å². The van der Waals surface area contributed by atoms with Crippen molar-refractivity contribution in [2.24, 2.45) is 0 Å². The van der Waals surface area contributed by atoms with E-state index in [1.54, 1.807) is 7.11 Å². The Hall–Kier alpha value is -1.13. The van der Waals surface area contributed by atoms with Gasteiger partial charge in [0.25, 0.3) is 0 Å². The van der Waals surface area contributed by atoms with Crippen LogP contribution in [0.4, 0.5) is 0 Å². The predicted molar refractivity (Wildman–Crippen MR) is 70.3 cm³/mol. The van der Waals surface area contributed by atoms with Gasteiger partial charge in [-0.15, -0.1) is 0 Å². The van der Waals surface area contributed by atoms with E-state index in [1.165, 1.54) is 0 Å². The van der Waals surface area contributed by atoms with Crippen molar-refractivity contribution in [2.45, 2.75) is 25.9 Å². The fourth-order valence-electron chi connectivity index (χ4n) is 1.32. The maximum atomic E-state index is 5.09. The smallest absolute Gasteiger partial charge is 0.213 e. The molecule has 0 unspecified atom stereocenters. The lowest BCUT2D eigenvalue weighted by molar-refractivity contribution is 0.189. The van der Waals surface area contributed by atoms with Gasteiger partial charge in [0.15, 0.2) is 0 Å². The number of aromatic nitrogens is 1. The van der Waals surface area contributed by atoms with Crippen molar-refractivity contribution < 1.29 is 4.74 Å². The summed E-state index contributed by atoms with van der Waals surface area (Å²) in [7, 11) is 5.81. The van der Waals surface area contributed by atoms with Crippen LogP contribution in [0.1, 0.15) is 19.5 Å². The van der Waals surface area contributed by atoms with Gasteiger partial charge in [-0.2, -0.15) is 0 Å². The number of pyridine rings is 1. The maximum absolute atomic E-state index is 5.09. The first kappa shape index (κ1) is 13.9. The molecule has 96 valence electrons. The van der Waals surface area contributed by atoms with E-state index in [0.29, 0.717) is 5.88 Å². The van der Waals surface area contributed by atoms with Gasteiger partial charge in [0.05, 0.1) is 12.8 Å². The van der Waals surface area contributed by atoms with Crippen molar-refractivity contribution in [1.29, 1.82) is 0 Å². The number of methoxy groups -OCH3 is 1. The molecule has 4 heteroatoms. The first-order valence-corrected chi connectivity index (χ1v) is 5.84. The average molecular weight is 237 g/mol.